The van der Waals surface area contributed by atoms with Crippen molar-refractivity contribution in [2.45, 2.75) is 19.4 Å². The Morgan fingerprint density at radius 1 is 0.815 bits per heavy atom. The van der Waals surface area contributed by atoms with Crippen LogP contribution in [-0.2, 0) is 6.54 Å². The van der Waals surface area contributed by atoms with Crippen LogP contribution in [0.25, 0.3) is 11.1 Å². The topological polar surface area (TPSA) is 63.1 Å². The lowest BCUT2D eigenvalue weighted by Gasteiger charge is -2.09. The molecule has 0 aliphatic carbocycles. The van der Waals surface area contributed by atoms with E-state index in [0.29, 0.717) is 13.1 Å². The minimum atomic E-state index is -0.223. The van der Waals surface area contributed by atoms with Gasteiger partial charge in [0.1, 0.15) is 0 Å². The molecule has 0 saturated carbocycles. The second-order valence-electron chi connectivity index (χ2n) is 6.26. The number of rotatable bonds is 7. The average Bonchev–Trinajstić information content (AvgIpc) is 2.70. The van der Waals surface area contributed by atoms with Crippen molar-refractivity contribution in [3.8, 4) is 11.1 Å². The molecule has 0 saturated heterocycles. The third-order valence-electron chi connectivity index (χ3n) is 4.26. The zero-order valence-electron chi connectivity index (χ0n) is 15.1. The molecule has 0 atom stereocenters. The zero-order valence-corrected chi connectivity index (χ0v) is 15.1. The molecule has 0 unspecified atom stereocenters. The summed E-state index contributed by atoms with van der Waals surface area (Å²) in [6, 6.07) is 22.8. The van der Waals surface area contributed by atoms with Gasteiger partial charge in [0.25, 0.3) is 0 Å². The minimum absolute atomic E-state index is 0.00199. The van der Waals surface area contributed by atoms with Gasteiger partial charge in [-0.2, -0.15) is 0 Å². The molecule has 3 aromatic rings. The van der Waals surface area contributed by atoms with E-state index in [1.54, 1.807) is 22.9 Å². The maximum atomic E-state index is 12.0. The number of benzene rings is 2. The van der Waals surface area contributed by atoms with E-state index >= 15 is 0 Å². The molecule has 27 heavy (non-hydrogen) atoms. The van der Waals surface area contributed by atoms with Crippen LogP contribution < -0.4 is 16.2 Å². The van der Waals surface area contributed by atoms with Gasteiger partial charge in [-0.15, -0.1) is 0 Å². The second kappa shape index (κ2) is 9.38. The van der Waals surface area contributed by atoms with Crippen molar-refractivity contribution in [2.24, 2.45) is 0 Å². The van der Waals surface area contributed by atoms with Crippen LogP contribution in [-0.4, -0.2) is 17.1 Å². The molecule has 1 heterocycles. The van der Waals surface area contributed by atoms with Gasteiger partial charge >= 0.3 is 6.03 Å². The number of nitrogens with zero attached hydrogens (tertiary/aromatic N) is 1. The van der Waals surface area contributed by atoms with Gasteiger partial charge in [0, 0.05) is 31.0 Å². The van der Waals surface area contributed by atoms with Crippen LogP contribution >= 0.6 is 0 Å². The van der Waals surface area contributed by atoms with Crippen LogP contribution in [0.4, 0.5) is 10.5 Å². The minimum Gasteiger partial charge on any atom is -0.338 e. The number of urea groups is 1. The molecule has 2 aromatic carbocycles. The van der Waals surface area contributed by atoms with E-state index in [-0.39, 0.29) is 11.6 Å². The molecular weight excluding hydrogens is 338 g/mol. The highest BCUT2D eigenvalue weighted by Crippen LogP contribution is 2.20. The third kappa shape index (κ3) is 5.57. The Kier molecular flexibility index (Phi) is 6.41. The summed E-state index contributed by atoms with van der Waals surface area (Å²) in [5, 5.41) is 5.67. The number of carbonyl (C=O) groups excluding carboxylic acids is 1. The fraction of sp³-hybridized carbons (Fsp3) is 0.182. The van der Waals surface area contributed by atoms with Gasteiger partial charge in [0.2, 0.25) is 5.56 Å². The van der Waals surface area contributed by atoms with E-state index in [1.165, 1.54) is 0 Å². The first-order chi connectivity index (χ1) is 13.2. The largest absolute Gasteiger partial charge is 0.338 e. The lowest BCUT2D eigenvalue weighted by molar-refractivity contribution is 0.252. The molecule has 138 valence electrons. The highest BCUT2D eigenvalue weighted by molar-refractivity contribution is 5.89. The van der Waals surface area contributed by atoms with E-state index in [1.807, 2.05) is 48.5 Å². The molecule has 3 rings (SSSR count). The Morgan fingerprint density at radius 3 is 2.26 bits per heavy atom. The van der Waals surface area contributed by atoms with Crippen LogP contribution in [0, 0.1) is 0 Å². The number of anilines is 1. The molecule has 0 aliphatic rings. The molecule has 2 N–H and O–H groups in total. The van der Waals surface area contributed by atoms with E-state index in [4.69, 9.17) is 0 Å². The van der Waals surface area contributed by atoms with Gasteiger partial charge in [-0.1, -0.05) is 48.5 Å². The number of aromatic nitrogens is 1. The van der Waals surface area contributed by atoms with E-state index < -0.39 is 0 Å². The lowest BCUT2D eigenvalue weighted by Crippen LogP contribution is -2.29. The lowest BCUT2D eigenvalue weighted by atomic mass is 10.1. The van der Waals surface area contributed by atoms with Crippen molar-refractivity contribution in [3.63, 3.8) is 0 Å². The Bertz CT molecular complexity index is 918. The Morgan fingerprint density at radius 2 is 1.52 bits per heavy atom. The first-order valence-electron chi connectivity index (χ1n) is 9.08. The fourth-order valence-electron chi connectivity index (χ4n) is 2.81. The second-order valence-corrected chi connectivity index (χ2v) is 6.26. The number of carbonyl (C=O) groups is 1. The van der Waals surface area contributed by atoms with Crippen LogP contribution in [0.5, 0.6) is 0 Å². The molecule has 0 spiro atoms. The van der Waals surface area contributed by atoms with Gasteiger partial charge in [0.15, 0.2) is 0 Å². The Labute approximate surface area is 158 Å². The van der Waals surface area contributed by atoms with Gasteiger partial charge in [-0.25, -0.2) is 4.79 Å². The molecule has 5 nitrogen and oxygen atoms in total. The van der Waals surface area contributed by atoms with Crippen molar-refractivity contribution in [3.05, 3.63) is 89.3 Å². The van der Waals surface area contributed by atoms with E-state index in [0.717, 1.165) is 29.7 Å². The zero-order chi connectivity index (χ0) is 18.9. The molecule has 5 heteroatoms. The number of aryl methyl sites for hydroxylation is 1. The van der Waals surface area contributed by atoms with Crippen LogP contribution in [0.2, 0.25) is 0 Å². The summed E-state index contributed by atoms with van der Waals surface area (Å²) >= 11 is 0. The van der Waals surface area contributed by atoms with Gasteiger partial charge in [0.05, 0.1) is 0 Å². The van der Waals surface area contributed by atoms with Gasteiger partial charge < -0.3 is 15.2 Å². The highest BCUT2D eigenvalue weighted by Gasteiger charge is 2.02. The number of unbranched alkanes of at least 4 members (excludes halogenated alkanes) is 1. The average molecular weight is 361 g/mol. The summed E-state index contributed by atoms with van der Waals surface area (Å²) in [4.78, 5) is 23.6. The Hall–Kier alpha value is -3.34. The van der Waals surface area contributed by atoms with Crippen LogP contribution in [0.15, 0.2) is 83.8 Å². The first-order valence-corrected chi connectivity index (χ1v) is 9.08. The number of pyridine rings is 1. The van der Waals surface area contributed by atoms with Crippen molar-refractivity contribution >= 4 is 11.7 Å². The predicted molar refractivity (Wildman–Crippen MR) is 109 cm³/mol. The maximum Gasteiger partial charge on any atom is 0.319 e. The summed E-state index contributed by atoms with van der Waals surface area (Å²) in [6.45, 7) is 1.22. The quantitative estimate of drug-likeness (QED) is 0.622. The monoisotopic (exact) mass is 361 g/mol. The summed E-state index contributed by atoms with van der Waals surface area (Å²) in [7, 11) is 0. The van der Waals surface area contributed by atoms with Crippen molar-refractivity contribution < 1.29 is 4.79 Å². The molecule has 2 amide bonds. The molecular formula is C22H23N3O2. The predicted octanol–water partition coefficient (Wildman–Crippen LogP) is 4.12. The maximum absolute atomic E-state index is 12.0. The molecule has 0 radical (unpaired) electrons. The highest BCUT2D eigenvalue weighted by atomic mass is 16.2. The summed E-state index contributed by atoms with van der Waals surface area (Å²) in [5.74, 6) is 0. The molecule has 1 aromatic heterocycles. The summed E-state index contributed by atoms with van der Waals surface area (Å²) in [6.07, 6.45) is 3.42. The van der Waals surface area contributed by atoms with E-state index in [9.17, 15) is 9.59 Å². The van der Waals surface area contributed by atoms with Crippen LogP contribution in [0.3, 0.4) is 0 Å². The summed E-state index contributed by atoms with van der Waals surface area (Å²) < 4.78 is 1.67. The first kappa shape index (κ1) is 18.5. The normalized spacial score (nSPS) is 10.4. The number of amides is 2. The fourth-order valence-corrected chi connectivity index (χ4v) is 2.81. The molecule has 0 aliphatic heterocycles. The van der Waals surface area contributed by atoms with Crippen molar-refractivity contribution in [1.82, 2.24) is 9.88 Å². The number of hydrogen-bond acceptors (Lipinski definition) is 2. The van der Waals surface area contributed by atoms with Gasteiger partial charge in [-0.3, -0.25) is 4.79 Å². The van der Waals surface area contributed by atoms with Crippen molar-refractivity contribution in [2.75, 3.05) is 11.9 Å². The SMILES string of the molecule is O=C(NCCCCn1ccccc1=O)Nc1ccc(-c2ccccc2)cc1. The third-order valence-corrected chi connectivity index (χ3v) is 4.26. The molecule has 0 fully saturated rings. The van der Waals surface area contributed by atoms with Crippen molar-refractivity contribution in [1.29, 1.82) is 0 Å². The number of nitrogens with one attached hydrogen (secondary N) is 2. The summed E-state index contributed by atoms with van der Waals surface area (Å²) in [5.41, 5.74) is 3.01. The Balaban J connectivity index is 1.39. The van der Waals surface area contributed by atoms with Gasteiger partial charge in [-0.05, 0) is 42.2 Å². The molecule has 0 bridgehead atoms. The van der Waals surface area contributed by atoms with E-state index in [2.05, 4.69) is 22.8 Å². The number of hydrogen-bond donors (Lipinski definition) is 2. The standard InChI is InChI=1S/C22H23N3O2/c26-21-10-4-6-16-25(21)17-7-5-15-23-22(27)24-20-13-11-19(12-14-20)18-8-2-1-3-9-18/h1-4,6,8-14,16H,5,7,15,17H2,(H2,23,24,27). The van der Waals surface area contributed by atoms with Crippen LogP contribution in [0.1, 0.15) is 12.8 Å². The smallest absolute Gasteiger partial charge is 0.319 e.